The lowest BCUT2D eigenvalue weighted by molar-refractivity contribution is 1.14. The molecule has 0 spiro atoms. The molecule has 0 amide bonds. The van der Waals surface area contributed by atoms with Gasteiger partial charge in [-0.1, -0.05) is 92.6 Å². The smallest absolute Gasteiger partial charge is 0.159 e. The molecule has 29 heavy (non-hydrogen) atoms. The number of hydrogen-bond donors (Lipinski definition) is 0. The van der Waals surface area contributed by atoms with E-state index in [1.165, 1.54) is 11.1 Å². The molecule has 2 aromatic rings. The molecule has 0 saturated carbocycles. The lowest BCUT2D eigenvalue weighted by atomic mass is 10.1. The first-order valence-electron chi connectivity index (χ1n) is 10.5. The van der Waals surface area contributed by atoms with E-state index >= 15 is 0 Å². The maximum absolute atomic E-state index is 4.68. The summed E-state index contributed by atoms with van der Waals surface area (Å²) in [6, 6.07) is 10.3. The lowest BCUT2D eigenvalue weighted by Gasteiger charge is -2.05. The summed E-state index contributed by atoms with van der Waals surface area (Å²) in [4.78, 5) is 9.06. The molecule has 1 aromatic carbocycles. The zero-order valence-electron chi connectivity index (χ0n) is 19.5. The number of allylic oxidation sites excluding steroid dienone is 8. The maximum Gasteiger partial charge on any atom is 0.159 e. The summed E-state index contributed by atoms with van der Waals surface area (Å²) in [6.07, 6.45) is 15.3. The van der Waals surface area contributed by atoms with E-state index in [-0.39, 0.29) is 0 Å². The molecule has 1 heterocycles. The Morgan fingerprint density at radius 2 is 1.55 bits per heavy atom. The number of aromatic nitrogens is 2. The first-order valence-corrected chi connectivity index (χ1v) is 10.5. The second kappa shape index (κ2) is 16.2. The van der Waals surface area contributed by atoms with Crippen molar-refractivity contribution in [3.8, 4) is 11.4 Å². The first-order chi connectivity index (χ1) is 14.0. The Bertz CT molecular complexity index is 807. The molecular formula is C27H38N2. The Morgan fingerprint density at radius 1 is 0.931 bits per heavy atom. The van der Waals surface area contributed by atoms with Crippen molar-refractivity contribution in [1.82, 2.24) is 9.97 Å². The van der Waals surface area contributed by atoms with Crippen molar-refractivity contribution in [2.45, 2.75) is 61.8 Å². The highest BCUT2D eigenvalue weighted by Gasteiger charge is 2.04. The van der Waals surface area contributed by atoms with Gasteiger partial charge in [0.05, 0.1) is 5.69 Å². The van der Waals surface area contributed by atoms with Crippen LogP contribution in [0.1, 0.15) is 66.1 Å². The molecule has 2 rings (SSSR count). The monoisotopic (exact) mass is 390 g/mol. The minimum absolute atomic E-state index is 0.772. The van der Waals surface area contributed by atoms with E-state index in [1.54, 1.807) is 0 Å². The van der Waals surface area contributed by atoms with Crippen LogP contribution in [0.4, 0.5) is 0 Å². The number of aryl methyl sites for hydroxylation is 1. The fourth-order valence-corrected chi connectivity index (χ4v) is 2.38. The van der Waals surface area contributed by atoms with Gasteiger partial charge in [0.15, 0.2) is 5.82 Å². The van der Waals surface area contributed by atoms with E-state index in [9.17, 15) is 0 Å². The summed E-state index contributed by atoms with van der Waals surface area (Å²) in [6.45, 7) is 16.4. The van der Waals surface area contributed by atoms with Gasteiger partial charge in [-0.05, 0) is 52.7 Å². The highest BCUT2D eigenvalue weighted by Crippen LogP contribution is 2.19. The molecule has 0 aliphatic rings. The molecule has 0 fully saturated rings. The summed E-state index contributed by atoms with van der Waals surface area (Å²) in [7, 11) is 0. The first kappa shape index (κ1) is 26.3. The Hall–Kier alpha value is -2.74. The van der Waals surface area contributed by atoms with Crippen molar-refractivity contribution in [3.63, 3.8) is 0 Å². The average molecular weight is 391 g/mol. The third-order valence-corrected chi connectivity index (χ3v) is 3.92. The zero-order valence-corrected chi connectivity index (χ0v) is 19.5. The van der Waals surface area contributed by atoms with Crippen molar-refractivity contribution in [1.29, 1.82) is 0 Å². The molecule has 0 unspecified atom stereocenters. The van der Waals surface area contributed by atoms with Crippen LogP contribution < -0.4 is 0 Å². The minimum atomic E-state index is 0.772. The van der Waals surface area contributed by atoms with Crippen LogP contribution in [0.2, 0.25) is 0 Å². The van der Waals surface area contributed by atoms with Gasteiger partial charge in [0, 0.05) is 11.8 Å². The Labute approximate surface area is 178 Å². The van der Waals surface area contributed by atoms with Gasteiger partial charge in [0.25, 0.3) is 0 Å². The topological polar surface area (TPSA) is 25.8 Å². The number of nitrogens with zero attached hydrogens (tertiary/aromatic N) is 2. The van der Waals surface area contributed by atoms with Crippen LogP contribution >= 0.6 is 0 Å². The molecule has 2 nitrogen and oxygen atoms in total. The molecule has 0 aliphatic heterocycles. The summed E-state index contributed by atoms with van der Waals surface area (Å²) >= 11 is 0. The van der Waals surface area contributed by atoms with Crippen molar-refractivity contribution >= 4 is 5.57 Å². The normalized spacial score (nSPS) is 11.7. The van der Waals surface area contributed by atoms with E-state index < -0.39 is 0 Å². The van der Waals surface area contributed by atoms with E-state index in [0.717, 1.165) is 29.1 Å². The highest BCUT2D eigenvalue weighted by atomic mass is 14.9. The van der Waals surface area contributed by atoms with Crippen LogP contribution in [0.3, 0.4) is 0 Å². The van der Waals surface area contributed by atoms with Gasteiger partial charge in [-0.3, -0.25) is 0 Å². The van der Waals surface area contributed by atoms with Crippen LogP contribution in [-0.4, -0.2) is 9.97 Å². The van der Waals surface area contributed by atoms with Crippen LogP contribution in [0.15, 0.2) is 78.6 Å². The molecule has 1 aromatic heterocycles. The predicted molar refractivity (Wildman–Crippen MR) is 131 cm³/mol. The third-order valence-electron chi connectivity index (χ3n) is 3.92. The number of hydrogen-bond acceptors (Lipinski definition) is 2. The van der Waals surface area contributed by atoms with Gasteiger partial charge in [0.2, 0.25) is 0 Å². The SMILES string of the molecule is C/C=C\C(=C/CC)c1ccnc(-c2ccc(C)cc2)n1.C/C=C\C(C)=C/C.CC. The molecule has 156 valence electrons. The molecule has 0 N–H and O–H groups in total. The quantitative estimate of drug-likeness (QED) is 0.479. The molecule has 0 aliphatic carbocycles. The largest absolute Gasteiger partial charge is 0.237 e. The molecule has 0 atom stereocenters. The second-order valence-electron chi connectivity index (χ2n) is 6.23. The molecule has 2 heteroatoms. The minimum Gasteiger partial charge on any atom is -0.237 e. The highest BCUT2D eigenvalue weighted by molar-refractivity contribution is 5.72. The van der Waals surface area contributed by atoms with Gasteiger partial charge in [-0.25, -0.2) is 9.97 Å². The summed E-state index contributed by atoms with van der Waals surface area (Å²) < 4.78 is 0. The Kier molecular flexibility index (Phi) is 14.7. The summed E-state index contributed by atoms with van der Waals surface area (Å²) in [5, 5.41) is 0. The third kappa shape index (κ3) is 10.4. The van der Waals surface area contributed by atoms with E-state index in [2.05, 4.69) is 79.3 Å². The summed E-state index contributed by atoms with van der Waals surface area (Å²) in [5.74, 6) is 0.772. The predicted octanol–water partition coefficient (Wildman–Crippen LogP) is 8.38. The average Bonchev–Trinajstić information content (AvgIpc) is 2.76. The van der Waals surface area contributed by atoms with Gasteiger partial charge >= 0.3 is 0 Å². The van der Waals surface area contributed by atoms with Crippen LogP contribution in [-0.2, 0) is 0 Å². The second-order valence-corrected chi connectivity index (χ2v) is 6.23. The standard InChI is InChI=1S/C18H20N2.C7H12.C2H6/c1-4-6-15(7-5-2)17-12-13-19-18(20-17)16-10-8-14(3)9-11-16;1-4-6-7(3)5-2;1-2/h4,6-13H,5H2,1-3H3;4-6H,1-3H3;1-2H3/b6-4-,15-7+;6-4-,7-5-;. The van der Waals surface area contributed by atoms with Crippen molar-refractivity contribution in [2.24, 2.45) is 0 Å². The molecule has 0 saturated heterocycles. The van der Waals surface area contributed by atoms with Crippen molar-refractivity contribution in [3.05, 3.63) is 89.8 Å². The van der Waals surface area contributed by atoms with Gasteiger partial charge in [0.1, 0.15) is 0 Å². The van der Waals surface area contributed by atoms with Gasteiger partial charge in [-0.2, -0.15) is 0 Å². The molecule has 0 radical (unpaired) electrons. The fraction of sp³-hybridized carbons (Fsp3) is 0.333. The van der Waals surface area contributed by atoms with Gasteiger partial charge in [-0.15, -0.1) is 0 Å². The number of benzene rings is 1. The molecule has 0 bridgehead atoms. The Balaban J connectivity index is 0.000000740. The van der Waals surface area contributed by atoms with Crippen LogP contribution in [0.25, 0.3) is 17.0 Å². The lowest BCUT2D eigenvalue weighted by Crippen LogP contribution is -1.94. The van der Waals surface area contributed by atoms with E-state index in [1.807, 2.05) is 59.0 Å². The van der Waals surface area contributed by atoms with Gasteiger partial charge < -0.3 is 0 Å². The van der Waals surface area contributed by atoms with E-state index in [4.69, 9.17) is 0 Å². The van der Waals surface area contributed by atoms with Crippen molar-refractivity contribution < 1.29 is 0 Å². The maximum atomic E-state index is 4.68. The molecular weight excluding hydrogens is 352 g/mol. The zero-order chi connectivity index (χ0) is 22.1. The fourth-order valence-electron chi connectivity index (χ4n) is 2.38. The van der Waals surface area contributed by atoms with E-state index in [0.29, 0.717) is 0 Å². The number of rotatable bonds is 5. The van der Waals surface area contributed by atoms with Crippen molar-refractivity contribution in [2.75, 3.05) is 0 Å². The Morgan fingerprint density at radius 3 is 2.03 bits per heavy atom. The van der Waals surface area contributed by atoms with Crippen LogP contribution in [0.5, 0.6) is 0 Å². The van der Waals surface area contributed by atoms with Crippen LogP contribution in [0, 0.1) is 6.92 Å². The summed E-state index contributed by atoms with van der Waals surface area (Å²) in [5.41, 5.74) is 5.72.